The smallest absolute Gasteiger partial charge is 0.259 e. The van der Waals surface area contributed by atoms with Crippen LogP contribution >= 0.6 is 0 Å². The summed E-state index contributed by atoms with van der Waals surface area (Å²) in [4.78, 5) is 14.2. The van der Waals surface area contributed by atoms with E-state index < -0.39 is 12.1 Å². The third-order valence-electron chi connectivity index (χ3n) is 5.89. The summed E-state index contributed by atoms with van der Waals surface area (Å²) < 4.78 is 12.2. The molecule has 5 nitrogen and oxygen atoms in total. The molecule has 5 rings (SSSR count). The number of ether oxygens (including phenoxy) is 2. The van der Waals surface area contributed by atoms with Gasteiger partial charge >= 0.3 is 0 Å². The molecular formula is C29H25NO4. The molecule has 1 aliphatic heterocycles. The first-order valence-electron chi connectivity index (χ1n) is 11.2. The monoisotopic (exact) mass is 451 g/mol. The Bertz CT molecular complexity index is 1250. The molecule has 4 aromatic rings. The summed E-state index contributed by atoms with van der Waals surface area (Å²) in [5.74, 6) is 0.906. The first kappa shape index (κ1) is 21.7. The van der Waals surface area contributed by atoms with Crippen LogP contribution in [-0.4, -0.2) is 17.1 Å². The molecule has 0 unspecified atom stereocenters. The second-order valence-electron chi connectivity index (χ2n) is 8.18. The van der Waals surface area contributed by atoms with Gasteiger partial charge in [-0.2, -0.15) is 0 Å². The van der Waals surface area contributed by atoms with Crippen molar-refractivity contribution in [2.45, 2.75) is 25.4 Å². The molecule has 0 aliphatic carbocycles. The zero-order valence-electron chi connectivity index (χ0n) is 18.6. The molecule has 170 valence electrons. The van der Waals surface area contributed by atoms with Gasteiger partial charge in [0.1, 0.15) is 30.8 Å². The van der Waals surface area contributed by atoms with Crippen molar-refractivity contribution in [2.75, 3.05) is 4.90 Å². The second-order valence-corrected chi connectivity index (χ2v) is 8.18. The number of carbonyl (C=O) groups excluding carboxylic acids is 1. The highest BCUT2D eigenvalue weighted by Gasteiger charge is 2.49. The largest absolute Gasteiger partial charge is 0.489 e. The van der Waals surface area contributed by atoms with Crippen molar-refractivity contribution in [1.82, 2.24) is 0 Å². The number of aliphatic hydroxyl groups excluding tert-OH is 1. The maximum absolute atomic E-state index is 12.6. The summed E-state index contributed by atoms with van der Waals surface area (Å²) in [5.41, 5.74) is 3.56. The van der Waals surface area contributed by atoms with Gasteiger partial charge in [-0.15, -0.1) is 0 Å². The zero-order chi connectivity index (χ0) is 23.3. The predicted octanol–water partition coefficient (Wildman–Crippen LogP) is 5.29. The molecule has 1 saturated heterocycles. The van der Waals surface area contributed by atoms with E-state index in [1.165, 1.54) is 0 Å². The van der Waals surface area contributed by atoms with Crippen molar-refractivity contribution in [2.24, 2.45) is 0 Å². The van der Waals surface area contributed by atoms with Crippen molar-refractivity contribution in [3.8, 4) is 11.5 Å². The van der Waals surface area contributed by atoms with Crippen molar-refractivity contribution in [3.05, 3.63) is 126 Å². The van der Waals surface area contributed by atoms with Crippen molar-refractivity contribution in [1.29, 1.82) is 0 Å². The molecule has 1 aliphatic rings. The molecular weight excluding hydrogens is 426 g/mol. The minimum atomic E-state index is -1.13. The van der Waals surface area contributed by atoms with Crippen LogP contribution in [0.15, 0.2) is 109 Å². The molecule has 34 heavy (non-hydrogen) atoms. The van der Waals surface area contributed by atoms with Crippen LogP contribution in [-0.2, 0) is 18.0 Å². The summed E-state index contributed by atoms with van der Waals surface area (Å²) in [6.45, 7) is 0.789. The van der Waals surface area contributed by atoms with E-state index >= 15 is 0 Å². The second kappa shape index (κ2) is 9.81. The molecule has 0 saturated carbocycles. The number of hydrogen-bond acceptors (Lipinski definition) is 4. The summed E-state index contributed by atoms with van der Waals surface area (Å²) >= 11 is 0. The van der Waals surface area contributed by atoms with Crippen LogP contribution in [0.2, 0.25) is 0 Å². The average molecular weight is 452 g/mol. The molecule has 0 bridgehead atoms. The number of nitrogens with zero attached hydrogens (tertiary/aromatic N) is 1. The first-order valence-corrected chi connectivity index (χ1v) is 11.2. The number of benzene rings is 4. The molecule has 1 heterocycles. The van der Waals surface area contributed by atoms with E-state index in [-0.39, 0.29) is 5.91 Å². The Morgan fingerprint density at radius 2 is 1.26 bits per heavy atom. The van der Waals surface area contributed by atoms with Gasteiger partial charge in [-0.3, -0.25) is 9.69 Å². The van der Waals surface area contributed by atoms with Gasteiger partial charge in [0, 0.05) is 17.3 Å². The maximum atomic E-state index is 12.6. The Balaban J connectivity index is 1.44. The van der Waals surface area contributed by atoms with E-state index in [0.29, 0.717) is 24.7 Å². The van der Waals surface area contributed by atoms with Gasteiger partial charge in [-0.05, 0) is 35.4 Å². The highest BCUT2D eigenvalue weighted by molar-refractivity contribution is 6.05. The van der Waals surface area contributed by atoms with Crippen LogP contribution in [0.4, 0.5) is 5.69 Å². The van der Waals surface area contributed by atoms with Crippen molar-refractivity contribution in [3.63, 3.8) is 0 Å². The lowest BCUT2D eigenvalue weighted by atomic mass is 9.89. The van der Waals surface area contributed by atoms with Crippen molar-refractivity contribution < 1.29 is 19.4 Å². The van der Waals surface area contributed by atoms with Gasteiger partial charge in [0.25, 0.3) is 5.91 Å². The number of para-hydroxylation sites is 1. The van der Waals surface area contributed by atoms with Gasteiger partial charge in [0.15, 0.2) is 6.10 Å². The standard InChI is InChI=1S/C29H25NO4/c31-28-27(30(29(28)32)23-14-8-3-9-15-23)25-17-16-24(33-19-21-10-4-1-5-11-21)18-26(25)34-20-22-12-6-2-7-13-22/h1-18,27-28,31H,19-20H2/t27-,28+/m1/s1. The third-order valence-corrected chi connectivity index (χ3v) is 5.89. The van der Waals surface area contributed by atoms with Crippen LogP contribution < -0.4 is 14.4 Å². The zero-order valence-corrected chi connectivity index (χ0v) is 18.6. The minimum Gasteiger partial charge on any atom is -0.489 e. The number of hydrogen-bond donors (Lipinski definition) is 1. The van der Waals surface area contributed by atoms with Crippen LogP contribution in [0.1, 0.15) is 22.7 Å². The SMILES string of the molecule is O=C1[C@@H](O)[C@@H](c2ccc(OCc3ccccc3)cc2OCc2ccccc2)N1c1ccccc1. The number of amides is 1. The van der Waals surface area contributed by atoms with Gasteiger partial charge in [-0.1, -0.05) is 78.9 Å². The Kier molecular flexibility index (Phi) is 6.27. The number of β-lactam (4-membered cyclic amide) rings is 1. The van der Waals surface area contributed by atoms with Gasteiger partial charge in [0.05, 0.1) is 0 Å². The van der Waals surface area contributed by atoms with E-state index in [1.807, 2.05) is 109 Å². The highest BCUT2D eigenvalue weighted by atomic mass is 16.5. The topological polar surface area (TPSA) is 59.0 Å². The normalized spacial score (nSPS) is 17.2. The lowest BCUT2D eigenvalue weighted by Gasteiger charge is -2.45. The Hall–Kier alpha value is -4.09. The summed E-state index contributed by atoms with van der Waals surface area (Å²) in [7, 11) is 0. The molecule has 1 amide bonds. The Morgan fingerprint density at radius 3 is 1.88 bits per heavy atom. The number of anilines is 1. The number of aliphatic hydroxyl groups is 1. The molecule has 0 radical (unpaired) electrons. The van der Waals surface area contributed by atoms with Crippen LogP contribution in [0, 0.1) is 0 Å². The fourth-order valence-corrected chi connectivity index (χ4v) is 4.11. The van der Waals surface area contributed by atoms with Gasteiger partial charge < -0.3 is 14.6 Å². The van der Waals surface area contributed by atoms with E-state index in [0.717, 1.165) is 22.4 Å². The average Bonchev–Trinajstić information content (AvgIpc) is 2.90. The van der Waals surface area contributed by atoms with E-state index in [4.69, 9.17) is 9.47 Å². The van der Waals surface area contributed by atoms with E-state index in [2.05, 4.69) is 0 Å². The first-order chi connectivity index (χ1) is 16.7. The summed E-state index contributed by atoms with van der Waals surface area (Å²) in [5, 5.41) is 10.6. The molecule has 5 heteroatoms. The maximum Gasteiger partial charge on any atom is 0.259 e. The molecule has 0 spiro atoms. The van der Waals surface area contributed by atoms with E-state index in [9.17, 15) is 9.90 Å². The molecule has 1 N–H and O–H groups in total. The lowest BCUT2D eigenvalue weighted by molar-refractivity contribution is -0.137. The molecule has 0 aromatic heterocycles. The predicted molar refractivity (Wildman–Crippen MR) is 131 cm³/mol. The lowest BCUT2D eigenvalue weighted by Crippen LogP contribution is -2.59. The highest BCUT2D eigenvalue weighted by Crippen LogP contribution is 2.43. The third kappa shape index (κ3) is 4.51. The minimum absolute atomic E-state index is 0.324. The van der Waals surface area contributed by atoms with Gasteiger partial charge in [-0.25, -0.2) is 0 Å². The fraction of sp³-hybridized carbons (Fsp3) is 0.138. The van der Waals surface area contributed by atoms with Crippen molar-refractivity contribution >= 4 is 11.6 Å². The van der Waals surface area contributed by atoms with Crippen LogP contribution in [0.5, 0.6) is 11.5 Å². The summed E-state index contributed by atoms with van der Waals surface area (Å²) in [6, 6.07) is 34.2. The molecule has 1 fully saturated rings. The molecule has 4 aromatic carbocycles. The number of carbonyl (C=O) groups is 1. The summed E-state index contributed by atoms with van der Waals surface area (Å²) in [6.07, 6.45) is -1.13. The van der Waals surface area contributed by atoms with Crippen LogP contribution in [0.3, 0.4) is 0 Å². The molecule has 2 atom stereocenters. The van der Waals surface area contributed by atoms with Gasteiger partial charge in [0.2, 0.25) is 0 Å². The fourth-order valence-electron chi connectivity index (χ4n) is 4.11. The van der Waals surface area contributed by atoms with E-state index in [1.54, 1.807) is 4.90 Å². The van der Waals surface area contributed by atoms with Crippen LogP contribution in [0.25, 0.3) is 0 Å². The Labute approximate surface area is 198 Å². The number of rotatable bonds is 8. The quantitative estimate of drug-likeness (QED) is 0.370. The Morgan fingerprint density at radius 1 is 0.706 bits per heavy atom.